The van der Waals surface area contributed by atoms with Crippen LogP contribution in [-0.4, -0.2) is 43.0 Å². The quantitative estimate of drug-likeness (QED) is 0.516. The molecule has 1 amide bonds. The lowest BCUT2D eigenvalue weighted by molar-refractivity contribution is 0.0217. The lowest BCUT2D eigenvalue weighted by atomic mass is 10.1. The molecule has 0 radical (unpaired) electrons. The molecule has 1 atom stereocenters. The Morgan fingerprint density at radius 1 is 1.30 bits per heavy atom. The van der Waals surface area contributed by atoms with Gasteiger partial charge in [0.2, 0.25) is 4.96 Å². The molecule has 0 spiro atoms. The third-order valence-corrected chi connectivity index (χ3v) is 7.11. The number of rotatable bonds is 4. The summed E-state index contributed by atoms with van der Waals surface area (Å²) in [5, 5.41) is 13.4. The highest BCUT2D eigenvalue weighted by Crippen LogP contribution is 2.35. The maximum Gasteiger partial charge on any atom is 0.410 e. The maximum atomic E-state index is 12.7. The Balaban J connectivity index is 1.52. The van der Waals surface area contributed by atoms with E-state index in [1.807, 2.05) is 20.8 Å². The molecule has 0 aliphatic carbocycles. The number of hydrogen-bond acceptors (Lipinski definition) is 7. The average Bonchev–Trinajstić information content (AvgIpc) is 3.35. The summed E-state index contributed by atoms with van der Waals surface area (Å²) in [6.07, 6.45) is 1.45. The van der Waals surface area contributed by atoms with E-state index in [9.17, 15) is 4.79 Å². The van der Waals surface area contributed by atoms with Crippen molar-refractivity contribution in [3.8, 4) is 0 Å². The van der Waals surface area contributed by atoms with Gasteiger partial charge in [-0.15, -0.1) is 15.3 Å². The summed E-state index contributed by atoms with van der Waals surface area (Å²) in [6, 6.07) is 6.36. The smallest absolute Gasteiger partial charge is 0.410 e. The van der Waals surface area contributed by atoms with Crippen LogP contribution in [0.15, 0.2) is 22.5 Å². The van der Waals surface area contributed by atoms with Crippen molar-refractivity contribution in [1.29, 1.82) is 0 Å². The van der Waals surface area contributed by atoms with Gasteiger partial charge in [-0.3, -0.25) is 4.90 Å². The highest BCUT2D eigenvalue weighted by Gasteiger charge is 2.36. The average molecular weight is 446 g/mol. The Kier molecular flexibility index (Phi) is 5.76. The van der Waals surface area contributed by atoms with Crippen LogP contribution in [-0.2, 0) is 10.5 Å². The molecule has 1 saturated heterocycles. The number of nitrogens with zero attached hydrogens (tertiary/aromatic N) is 5. The highest BCUT2D eigenvalue weighted by molar-refractivity contribution is 8.00. The number of thioether (sulfide) groups is 1. The molecule has 9 heteroatoms. The molecule has 0 N–H and O–H groups in total. The van der Waals surface area contributed by atoms with E-state index in [2.05, 4.69) is 42.2 Å². The van der Waals surface area contributed by atoms with E-state index in [1.54, 1.807) is 21.2 Å². The summed E-state index contributed by atoms with van der Waals surface area (Å²) in [7, 11) is 0. The van der Waals surface area contributed by atoms with Crippen molar-refractivity contribution in [3.63, 3.8) is 0 Å². The molecule has 1 aliphatic heterocycles. The number of fused-ring (bicyclic) bond motifs is 1. The van der Waals surface area contributed by atoms with Gasteiger partial charge in [-0.1, -0.05) is 46.9 Å². The van der Waals surface area contributed by atoms with Crippen molar-refractivity contribution in [2.24, 2.45) is 0 Å². The van der Waals surface area contributed by atoms with Crippen LogP contribution in [0.2, 0.25) is 0 Å². The molecule has 30 heavy (non-hydrogen) atoms. The molecule has 7 nitrogen and oxygen atoms in total. The van der Waals surface area contributed by atoms with Gasteiger partial charge < -0.3 is 4.74 Å². The van der Waals surface area contributed by atoms with Crippen molar-refractivity contribution in [1.82, 2.24) is 24.7 Å². The summed E-state index contributed by atoms with van der Waals surface area (Å²) >= 11 is 3.24. The largest absolute Gasteiger partial charge is 0.444 e. The van der Waals surface area contributed by atoms with Crippen LogP contribution in [0.1, 0.15) is 62.2 Å². The zero-order valence-corrected chi connectivity index (χ0v) is 19.6. The van der Waals surface area contributed by atoms with Gasteiger partial charge in [-0.25, -0.2) is 4.79 Å². The van der Waals surface area contributed by atoms with Gasteiger partial charge in [0.25, 0.3) is 0 Å². The molecular weight excluding hydrogens is 418 g/mol. The van der Waals surface area contributed by atoms with Crippen LogP contribution in [0, 0.1) is 13.8 Å². The molecule has 3 aromatic rings. The standard InChI is InChI=1S/C21H27N5O2S2/c1-13-8-9-14(2)15(11-13)12-29-19-24-26-17(22-23-18(26)30-19)16-7-6-10-25(16)20(27)28-21(3,4)5/h8-9,11,16H,6-7,10,12H2,1-5H3. The van der Waals surface area contributed by atoms with Crippen LogP contribution in [0.25, 0.3) is 4.96 Å². The second-order valence-electron chi connectivity index (χ2n) is 8.67. The van der Waals surface area contributed by atoms with Crippen molar-refractivity contribution >= 4 is 34.2 Å². The fraction of sp³-hybridized carbons (Fsp3) is 0.524. The van der Waals surface area contributed by atoms with E-state index in [0.29, 0.717) is 12.4 Å². The van der Waals surface area contributed by atoms with Gasteiger partial charge in [0.05, 0.1) is 6.04 Å². The molecule has 3 heterocycles. The van der Waals surface area contributed by atoms with Crippen LogP contribution in [0.3, 0.4) is 0 Å². The van der Waals surface area contributed by atoms with Crippen LogP contribution >= 0.6 is 23.1 Å². The number of ether oxygens (including phenoxy) is 1. The lowest BCUT2D eigenvalue weighted by Crippen LogP contribution is -2.37. The normalized spacial score (nSPS) is 17.1. The molecular formula is C21H27N5O2S2. The van der Waals surface area contributed by atoms with Gasteiger partial charge in [-0.2, -0.15) is 4.52 Å². The van der Waals surface area contributed by atoms with E-state index < -0.39 is 5.60 Å². The molecule has 4 rings (SSSR count). The summed E-state index contributed by atoms with van der Waals surface area (Å²) in [6.45, 7) is 10.5. The first-order chi connectivity index (χ1) is 14.2. The Labute approximate surface area is 184 Å². The predicted octanol–water partition coefficient (Wildman–Crippen LogP) is 5.17. The van der Waals surface area contributed by atoms with Crippen LogP contribution < -0.4 is 0 Å². The van der Waals surface area contributed by atoms with E-state index in [0.717, 1.165) is 27.9 Å². The first-order valence-electron chi connectivity index (χ1n) is 10.1. The fourth-order valence-corrected chi connectivity index (χ4v) is 5.50. The molecule has 2 aromatic heterocycles. The Hall–Kier alpha value is -2.13. The number of hydrogen-bond donors (Lipinski definition) is 0. The number of amides is 1. The van der Waals surface area contributed by atoms with Crippen molar-refractivity contribution in [3.05, 3.63) is 40.7 Å². The topological polar surface area (TPSA) is 72.6 Å². The second-order valence-corrected chi connectivity index (χ2v) is 10.8. The number of carbonyl (C=O) groups excluding carboxylic acids is 1. The van der Waals surface area contributed by atoms with Gasteiger partial charge >= 0.3 is 6.09 Å². The summed E-state index contributed by atoms with van der Waals surface area (Å²) in [4.78, 5) is 15.2. The lowest BCUT2D eigenvalue weighted by Gasteiger charge is -2.27. The van der Waals surface area contributed by atoms with E-state index in [-0.39, 0.29) is 12.1 Å². The minimum absolute atomic E-state index is 0.159. The molecule has 0 saturated carbocycles. The minimum atomic E-state index is -0.525. The first kappa shape index (κ1) is 21.1. The van der Waals surface area contributed by atoms with Crippen molar-refractivity contribution < 1.29 is 9.53 Å². The van der Waals surface area contributed by atoms with E-state index >= 15 is 0 Å². The molecule has 1 aliphatic rings. The number of benzene rings is 1. The highest BCUT2D eigenvalue weighted by atomic mass is 32.2. The third kappa shape index (κ3) is 4.46. The SMILES string of the molecule is Cc1ccc(C)c(CSc2nn3c(C4CCCN4C(=O)OC(C)(C)C)nnc3s2)c1. The molecule has 0 bridgehead atoms. The number of aryl methyl sites for hydroxylation is 2. The Bertz CT molecular complexity index is 1070. The van der Waals surface area contributed by atoms with E-state index in [1.165, 1.54) is 28.0 Å². The molecule has 1 aromatic carbocycles. The first-order valence-corrected chi connectivity index (χ1v) is 11.9. The number of likely N-dealkylation sites (tertiary alicyclic amines) is 1. The van der Waals surface area contributed by atoms with Crippen LogP contribution in [0.4, 0.5) is 4.79 Å². The summed E-state index contributed by atoms with van der Waals surface area (Å²) in [5.41, 5.74) is 3.34. The number of carbonyl (C=O) groups is 1. The molecule has 160 valence electrons. The predicted molar refractivity (Wildman–Crippen MR) is 119 cm³/mol. The monoisotopic (exact) mass is 445 g/mol. The molecule has 1 unspecified atom stereocenters. The zero-order chi connectivity index (χ0) is 21.5. The Morgan fingerprint density at radius 2 is 2.10 bits per heavy atom. The third-order valence-electron chi connectivity index (χ3n) is 5.03. The van der Waals surface area contributed by atoms with Crippen molar-refractivity contribution in [2.75, 3.05) is 6.54 Å². The molecule has 1 fully saturated rings. The summed E-state index contributed by atoms with van der Waals surface area (Å²) in [5.74, 6) is 1.57. The van der Waals surface area contributed by atoms with Gasteiger partial charge in [0, 0.05) is 12.3 Å². The minimum Gasteiger partial charge on any atom is -0.444 e. The Morgan fingerprint density at radius 3 is 2.87 bits per heavy atom. The second kappa shape index (κ2) is 8.19. The van der Waals surface area contributed by atoms with Crippen molar-refractivity contribution in [2.45, 2.75) is 69.2 Å². The van der Waals surface area contributed by atoms with Gasteiger partial charge in [0.15, 0.2) is 10.2 Å². The maximum absolute atomic E-state index is 12.7. The summed E-state index contributed by atoms with van der Waals surface area (Å²) < 4.78 is 8.33. The van der Waals surface area contributed by atoms with Gasteiger partial charge in [-0.05, 0) is 58.6 Å². The van der Waals surface area contributed by atoms with Gasteiger partial charge in [0.1, 0.15) is 5.60 Å². The van der Waals surface area contributed by atoms with E-state index in [4.69, 9.17) is 9.84 Å². The van der Waals surface area contributed by atoms with Crippen LogP contribution in [0.5, 0.6) is 0 Å². The zero-order valence-electron chi connectivity index (χ0n) is 18.0. The fourth-order valence-electron chi connectivity index (χ4n) is 3.55. The number of aromatic nitrogens is 4.